The third-order valence-electron chi connectivity index (χ3n) is 2.32. The number of carbonyl (C=O) groups is 2. The first-order chi connectivity index (χ1) is 8.06. The molecule has 0 aromatic carbocycles. The molecule has 2 amide bonds. The van der Waals surface area contributed by atoms with Gasteiger partial charge in [-0.3, -0.25) is 14.6 Å². The lowest BCUT2D eigenvalue weighted by Crippen LogP contribution is -2.39. The zero-order valence-electron chi connectivity index (χ0n) is 9.76. The van der Waals surface area contributed by atoms with Gasteiger partial charge in [0, 0.05) is 20.3 Å². The van der Waals surface area contributed by atoms with Gasteiger partial charge >= 0.3 is 0 Å². The molecule has 5 nitrogen and oxygen atoms in total. The van der Waals surface area contributed by atoms with Crippen molar-refractivity contribution in [3.63, 3.8) is 0 Å². The van der Waals surface area contributed by atoms with Gasteiger partial charge in [-0.2, -0.15) is 0 Å². The maximum absolute atomic E-state index is 11.8. The molecular weight excluding hydrogens is 242 g/mol. The average Bonchev–Trinajstić information content (AvgIpc) is 2.37. The maximum atomic E-state index is 11.8. The summed E-state index contributed by atoms with van der Waals surface area (Å²) >= 11 is 5.40. The summed E-state index contributed by atoms with van der Waals surface area (Å²) in [5, 5.41) is 0. The summed E-state index contributed by atoms with van der Waals surface area (Å²) in [5.74, 6) is -0.598. The van der Waals surface area contributed by atoms with E-state index in [1.807, 2.05) is 0 Å². The SMILES string of the molecule is CN(CC(=O)N(C)c1cccnc1)C(=O)CCl. The minimum atomic E-state index is -0.278. The van der Waals surface area contributed by atoms with Crippen molar-refractivity contribution in [2.75, 3.05) is 31.4 Å². The molecule has 1 heterocycles. The van der Waals surface area contributed by atoms with E-state index in [1.165, 1.54) is 9.80 Å². The van der Waals surface area contributed by atoms with Crippen molar-refractivity contribution in [3.05, 3.63) is 24.5 Å². The summed E-state index contributed by atoms with van der Waals surface area (Å²) < 4.78 is 0. The Hall–Kier alpha value is -1.62. The number of amides is 2. The molecule has 1 rings (SSSR count). The van der Waals surface area contributed by atoms with Crippen molar-refractivity contribution < 1.29 is 9.59 Å². The van der Waals surface area contributed by atoms with E-state index in [0.29, 0.717) is 5.69 Å². The van der Waals surface area contributed by atoms with Crippen LogP contribution in [0.1, 0.15) is 0 Å². The molecule has 0 spiro atoms. The number of rotatable bonds is 4. The van der Waals surface area contributed by atoms with Gasteiger partial charge in [0.15, 0.2) is 0 Å². The van der Waals surface area contributed by atoms with Crippen LogP contribution in [0.4, 0.5) is 5.69 Å². The monoisotopic (exact) mass is 255 g/mol. The van der Waals surface area contributed by atoms with E-state index < -0.39 is 0 Å². The van der Waals surface area contributed by atoms with Gasteiger partial charge in [0.25, 0.3) is 0 Å². The van der Waals surface area contributed by atoms with Gasteiger partial charge in [0.05, 0.1) is 18.4 Å². The number of pyridine rings is 1. The van der Waals surface area contributed by atoms with Gasteiger partial charge in [-0.05, 0) is 12.1 Å². The van der Waals surface area contributed by atoms with E-state index in [1.54, 1.807) is 38.6 Å². The molecule has 0 N–H and O–H groups in total. The molecule has 0 radical (unpaired) electrons. The van der Waals surface area contributed by atoms with E-state index in [0.717, 1.165) is 0 Å². The largest absolute Gasteiger partial charge is 0.335 e. The average molecular weight is 256 g/mol. The Bertz CT molecular complexity index is 397. The quantitative estimate of drug-likeness (QED) is 0.746. The first kappa shape index (κ1) is 13.4. The highest BCUT2D eigenvalue weighted by molar-refractivity contribution is 6.27. The topological polar surface area (TPSA) is 53.5 Å². The van der Waals surface area contributed by atoms with E-state index in [-0.39, 0.29) is 24.2 Å². The highest BCUT2D eigenvalue weighted by atomic mass is 35.5. The summed E-state index contributed by atoms with van der Waals surface area (Å²) in [6, 6.07) is 3.51. The van der Waals surface area contributed by atoms with Crippen LogP contribution in [0.3, 0.4) is 0 Å². The van der Waals surface area contributed by atoms with Gasteiger partial charge in [0.1, 0.15) is 5.88 Å². The third kappa shape index (κ3) is 3.71. The summed E-state index contributed by atoms with van der Waals surface area (Å²) in [4.78, 5) is 29.7. The van der Waals surface area contributed by atoms with Crippen molar-refractivity contribution >= 4 is 29.1 Å². The lowest BCUT2D eigenvalue weighted by molar-refractivity contribution is -0.131. The first-order valence-electron chi connectivity index (χ1n) is 5.02. The fourth-order valence-electron chi connectivity index (χ4n) is 1.20. The third-order valence-corrected chi connectivity index (χ3v) is 2.55. The molecular formula is C11H14ClN3O2. The van der Waals surface area contributed by atoms with Gasteiger partial charge in [0.2, 0.25) is 11.8 Å². The predicted octanol–water partition coefficient (Wildman–Crippen LogP) is 0.742. The smallest absolute Gasteiger partial charge is 0.246 e. The van der Waals surface area contributed by atoms with Crippen LogP contribution in [0.2, 0.25) is 0 Å². The van der Waals surface area contributed by atoms with E-state index in [2.05, 4.69) is 4.98 Å². The molecule has 17 heavy (non-hydrogen) atoms. The Morgan fingerprint density at radius 1 is 1.35 bits per heavy atom. The minimum absolute atomic E-state index is 0.00303. The summed E-state index contributed by atoms with van der Waals surface area (Å²) in [5.41, 5.74) is 0.684. The zero-order chi connectivity index (χ0) is 12.8. The van der Waals surface area contributed by atoms with Crippen molar-refractivity contribution in [2.45, 2.75) is 0 Å². The van der Waals surface area contributed by atoms with Gasteiger partial charge in [-0.1, -0.05) is 0 Å². The van der Waals surface area contributed by atoms with E-state index >= 15 is 0 Å². The number of carbonyl (C=O) groups excluding carboxylic acids is 2. The number of anilines is 1. The fraction of sp³-hybridized carbons (Fsp3) is 0.364. The van der Waals surface area contributed by atoms with Crippen molar-refractivity contribution in [1.82, 2.24) is 9.88 Å². The molecule has 0 aliphatic heterocycles. The Labute approximate surface area is 105 Å². The minimum Gasteiger partial charge on any atom is -0.335 e. The van der Waals surface area contributed by atoms with Gasteiger partial charge < -0.3 is 9.80 Å². The van der Waals surface area contributed by atoms with Crippen LogP contribution in [0.5, 0.6) is 0 Å². The molecule has 0 saturated carbocycles. The van der Waals surface area contributed by atoms with Gasteiger partial charge in [-0.25, -0.2) is 0 Å². The molecule has 92 valence electrons. The number of hydrogen-bond acceptors (Lipinski definition) is 3. The number of halogens is 1. The van der Waals surface area contributed by atoms with Crippen LogP contribution < -0.4 is 4.90 Å². The molecule has 0 saturated heterocycles. The molecule has 0 fully saturated rings. The number of hydrogen-bond donors (Lipinski definition) is 0. The Morgan fingerprint density at radius 2 is 2.06 bits per heavy atom. The van der Waals surface area contributed by atoms with Crippen LogP contribution in [0.25, 0.3) is 0 Å². The highest BCUT2D eigenvalue weighted by Crippen LogP contribution is 2.09. The van der Waals surface area contributed by atoms with Crippen molar-refractivity contribution in [2.24, 2.45) is 0 Å². The molecule has 1 aromatic rings. The standard InChI is InChI=1S/C11H14ClN3O2/c1-14(10(16)6-12)8-11(17)15(2)9-4-3-5-13-7-9/h3-5,7H,6,8H2,1-2H3. The Balaban J connectivity index is 2.62. The zero-order valence-corrected chi connectivity index (χ0v) is 10.5. The van der Waals surface area contributed by atoms with Crippen LogP contribution in [0, 0.1) is 0 Å². The number of likely N-dealkylation sites (N-methyl/N-ethyl adjacent to an activating group) is 2. The predicted molar refractivity (Wildman–Crippen MR) is 66.0 cm³/mol. The van der Waals surface area contributed by atoms with E-state index in [4.69, 9.17) is 11.6 Å². The second-order valence-electron chi connectivity index (χ2n) is 3.55. The molecule has 0 aliphatic rings. The first-order valence-corrected chi connectivity index (χ1v) is 5.56. The second kappa shape index (κ2) is 6.20. The summed E-state index contributed by atoms with van der Waals surface area (Å²) in [6.45, 7) is -0.00303. The molecule has 0 bridgehead atoms. The molecule has 0 unspecified atom stereocenters. The summed E-state index contributed by atoms with van der Waals surface area (Å²) in [6.07, 6.45) is 3.21. The van der Waals surface area contributed by atoms with Crippen LogP contribution in [0.15, 0.2) is 24.5 Å². The van der Waals surface area contributed by atoms with Crippen LogP contribution >= 0.6 is 11.6 Å². The second-order valence-corrected chi connectivity index (χ2v) is 3.81. The van der Waals surface area contributed by atoms with Crippen molar-refractivity contribution in [3.8, 4) is 0 Å². The number of alkyl halides is 1. The molecule has 1 aromatic heterocycles. The van der Waals surface area contributed by atoms with Crippen LogP contribution in [-0.2, 0) is 9.59 Å². The van der Waals surface area contributed by atoms with Gasteiger partial charge in [-0.15, -0.1) is 11.6 Å². The Kier molecular flexibility index (Phi) is 4.90. The lowest BCUT2D eigenvalue weighted by Gasteiger charge is -2.21. The Morgan fingerprint density at radius 3 is 2.59 bits per heavy atom. The fourth-order valence-corrected chi connectivity index (χ4v) is 1.40. The number of aromatic nitrogens is 1. The number of nitrogens with zero attached hydrogens (tertiary/aromatic N) is 3. The molecule has 6 heteroatoms. The lowest BCUT2D eigenvalue weighted by atomic mass is 10.3. The normalized spacial score (nSPS) is 9.82. The van der Waals surface area contributed by atoms with Crippen LogP contribution in [-0.4, -0.2) is 48.2 Å². The van der Waals surface area contributed by atoms with Crippen molar-refractivity contribution in [1.29, 1.82) is 0 Å². The molecule has 0 atom stereocenters. The maximum Gasteiger partial charge on any atom is 0.246 e. The summed E-state index contributed by atoms with van der Waals surface area (Å²) in [7, 11) is 3.18. The van der Waals surface area contributed by atoms with E-state index in [9.17, 15) is 9.59 Å². The molecule has 0 aliphatic carbocycles. The highest BCUT2D eigenvalue weighted by Gasteiger charge is 2.16.